The molecule has 2 rings (SSSR count). The van der Waals surface area contributed by atoms with Crippen LogP contribution in [0.15, 0.2) is 24.5 Å². The summed E-state index contributed by atoms with van der Waals surface area (Å²) in [6.07, 6.45) is 5.28. The summed E-state index contributed by atoms with van der Waals surface area (Å²) in [6.45, 7) is 2.04. The summed E-state index contributed by atoms with van der Waals surface area (Å²) in [6, 6.07) is 4.15. The Morgan fingerprint density at radius 2 is 2.44 bits per heavy atom. The number of aliphatic carboxylic acids is 1. The Bertz CT molecular complexity index is 367. The Kier molecular flexibility index (Phi) is 3.19. The molecule has 0 aromatic carbocycles. The van der Waals surface area contributed by atoms with Gasteiger partial charge in [0, 0.05) is 24.5 Å². The lowest BCUT2D eigenvalue weighted by Gasteiger charge is -2.36. The molecule has 1 aromatic rings. The summed E-state index contributed by atoms with van der Waals surface area (Å²) in [4.78, 5) is 14.9. The highest BCUT2D eigenvalue weighted by Gasteiger charge is 2.37. The van der Waals surface area contributed by atoms with Crippen LogP contribution in [0, 0.1) is 5.92 Å². The maximum atomic E-state index is 10.9. The van der Waals surface area contributed by atoms with Crippen LogP contribution in [0.25, 0.3) is 0 Å². The van der Waals surface area contributed by atoms with Crippen molar-refractivity contribution in [1.29, 1.82) is 0 Å². The van der Waals surface area contributed by atoms with Gasteiger partial charge >= 0.3 is 5.97 Å². The van der Waals surface area contributed by atoms with Crippen molar-refractivity contribution >= 4 is 5.97 Å². The van der Waals surface area contributed by atoms with Crippen molar-refractivity contribution in [3.8, 4) is 0 Å². The van der Waals surface area contributed by atoms with Gasteiger partial charge in [-0.05, 0) is 31.4 Å². The summed E-state index contributed by atoms with van der Waals surface area (Å²) >= 11 is 0. The van der Waals surface area contributed by atoms with Crippen molar-refractivity contribution in [2.24, 2.45) is 5.92 Å². The predicted molar refractivity (Wildman–Crippen MR) is 59.9 cm³/mol. The zero-order chi connectivity index (χ0) is 11.5. The van der Waals surface area contributed by atoms with E-state index in [1.54, 1.807) is 6.20 Å². The fourth-order valence-corrected chi connectivity index (χ4v) is 2.04. The number of hydrogen-bond donors (Lipinski definition) is 2. The van der Waals surface area contributed by atoms with Gasteiger partial charge in [-0.15, -0.1) is 0 Å². The van der Waals surface area contributed by atoms with Gasteiger partial charge in [0.15, 0.2) is 0 Å². The van der Waals surface area contributed by atoms with Gasteiger partial charge in [-0.1, -0.05) is 6.07 Å². The van der Waals surface area contributed by atoms with Crippen molar-refractivity contribution < 1.29 is 9.90 Å². The van der Waals surface area contributed by atoms with Crippen LogP contribution in [0.1, 0.15) is 31.4 Å². The van der Waals surface area contributed by atoms with E-state index in [9.17, 15) is 4.79 Å². The number of aromatic nitrogens is 1. The van der Waals surface area contributed by atoms with E-state index >= 15 is 0 Å². The molecule has 0 saturated heterocycles. The zero-order valence-electron chi connectivity index (χ0n) is 9.26. The van der Waals surface area contributed by atoms with Crippen LogP contribution in [-0.4, -0.2) is 22.1 Å². The van der Waals surface area contributed by atoms with Crippen LogP contribution in [-0.2, 0) is 4.79 Å². The number of carboxylic acids is 1. The van der Waals surface area contributed by atoms with E-state index in [4.69, 9.17) is 5.11 Å². The molecule has 4 nitrogen and oxygen atoms in total. The SMILES string of the molecule is C[C@H](NC1CCC1C(=O)O)c1cccnc1. The van der Waals surface area contributed by atoms with Crippen molar-refractivity contribution in [3.05, 3.63) is 30.1 Å². The predicted octanol–water partition coefficient (Wildman–Crippen LogP) is 1.60. The highest BCUT2D eigenvalue weighted by molar-refractivity contribution is 5.72. The molecule has 0 aliphatic heterocycles. The van der Waals surface area contributed by atoms with E-state index in [2.05, 4.69) is 10.3 Å². The molecule has 0 bridgehead atoms. The summed E-state index contributed by atoms with van der Waals surface area (Å²) < 4.78 is 0. The molecule has 0 amide bonds. The van der Waals surface area contributed by atoms with Gasteiger partial charge in [0.2, 0.25) is 0 Å². The van der Waals surface area contributed by atoms with E-state index in [0.717, 1.165) is 18.4 Å². The first-order valence-corrected chi connectivity index (χ1v) is 5.57. The molecule has 16 heavy (non-hydrogen) atoms. The number of hydrogen-bond acceptors (Lipinski definition) is 3. The lowest BCUT2D eigenvalue weighted by molar-refractivity contribution is -0.146. The van der Waals surface area contributed by atoms with Gasteiger partial charge in [0.25, 0.3) is 0 Å². The Morgan fingerprint density at radius 1 is 1.62 bits per heavy atom. The molecule has 1 heterocycles. The zero-order valence-corrected chi connectivity index (χ0v) is 9.26. The Hall–Kier alpha value is -1.42. The smallest absolute Gasteiger partial charge is 0.308 e. The second-order valence-electron chi connectivity index (χ2n) is 4.30. The third kappa shape index (κ3) is 2.22. The normalized spacial score (nSPS) is 25.8. The number of nitrogens with zero attached hydrogens (tertiary/aromatic N) is 1. The summed E-state index contributed by atoms with van der Waals surface area (Å²) in [5, 5.41) is 12.3. The average Bonchev–Trinajstić information content (AvgIpc) is 2.24. The van der Waals surface area contributed by atoms with E-state index in [1.165, 1.54) is 0 Å². The third-order valence-corrected chi connectivity index (χ3v) is 3.24. The first kappa shape index (κ1) is 11.1. The lowest BCUT2D eigenvalue weighted by Crippen LogP contribution is -2.48. The molecule has 1 fully saturated rings. The Labute approximate surface area is 94.7 Å². The van der Waals surface area contributed by atoms with E-state index in [-0.39, 0.29) is 18.0 Å². The van der Waals surface area contributed by atoms with Crippen LogP contribution >= 0.6 is 0 Å². The van der Waals surface area contributed by atoms with Crippen LogP contribution < -0.4 is 5.32 Å². The van der Waals surface area contributed by atoms with E-state index in [1.807, 2.05) is 25.3 Å². The highest BCUT2D eigenvalue weighted by atomic mass is 16.4. The van der Waals surface area contributed by atoms with Crippen LogP contribution in [0.4, 0.5) is 0 Å². The van der Waals surface area contributed by atoms with Crippen LogP contribution in [0.5, 0.6) is 0 Å². The molecule has 0 radical (unpaired) electrons. The highest BCUT2D eigenvalue weighted by Crippen LogP contribution is 2.29. The molecule has 3 atom stereocenters. The Balaban J connectivity index is 1.93. The van der Waals surface area contributed by atoms with Crippen molar-refractivity contribution in [1.82, 2.24) is 10.3 Å². The molecule has 1 saturated carbocycles. The Morgan fingerprint density at radius 3 is 2.94 bits per heavy atom. The summed E-state index contributed by atoms with van der Waals surface area (Å²) in [5.74, 6) is -0.916. The van der Waals surface area contributed by atoms with Gasteiger partial charge < -0.3 is 10.4 Å². The maximum Gasteiger partial charge on any atom is 0.308 e. The maximum absolute atomic E-state index is 10.9. The third-order valence-electron chi connectivity index (χ3n) is 3.24. The minimum absolute atomic E-state index is 0.104. The fraction of sp³-hybridized carbons (Fsp3) is 0.500. The minimum atomic E-state index is -0.692. The summed E-state index contributed by atoms with van der Waals surface area (Å²) in [7, 11) is 0. The molecule has 2 unspecified atom stereocenters. The van der Waals surface area contributed by atoms with Crippen molar-refractivity contribution in [2.45, 2.75) is 31.8 Å². The first-order chi connectivity index (χ1) is 7.68. The molecule has 1 aliphatic rings. The van der Waals surface area contributed by atoms with E-state index < -0.39 is 5.97 Å². The van der Waals surface area contributed by atoms with Crippen LogP contribution in [0.2, 0.25) is 0 Å². The number of carbonyl (C=O) groups is 1. The number of rotatable bonds is 4. The van der Waals surface area contributed by atoms with E-state index in [0.29, 0.717) is 0 Å². The second-order valence-corrected chi connectivity index (χ2v) is 4.30. The minimum Gasteiger partial charge on any atom is -0.481 e. The molecular weight excluding hydrogens is 204 g/mol. The first-order valence-electron chi connectivity index (χ1n) is 5.57. The van der Waals surface area contributed by atoms with Gasteiger partial charge in [-0.2, -0.15) is 0 Å². The monoisotopic (exact) mass is 220 g/mol. The number of carboxylic acid groups (broad SMARTS) is 1. The number of nitrogens with one attached hydrogen (secondary N) is 1. The lowest BCUT2D eigenvalue weighted by atomic mass is 9.79. The van der Waals surface area contributed by atoms with Crippen molar-refractivity contribution in [2.75, 3.05) is 0 Å². The topological polar surface area (TPSA) is 62.2 Å². The molecule has 4 heteroatoms. The van der Waals surface area contributed by atoms with Gasteiger partial charge in [-0.25, -0.2) is 0 Å². The summed E-state index contributed by atoms with van der Waals surface area (Å²) in [5.41, 5.74) is 1.10. The van der Waals surface area contributed by atoms with Gasteiger partial charge in [-0.3, -0.25) is 9.78 Å². The fourth-order valence-electron chi connectivity index (χ4n) is 2.04. The van der Waals surface area contributed by atoms with Crippen LogP contribution in [0.3, 0.4) is 0 Å². The molecule has 86 valence electrons. The quantitative estimate of drug-likeness (QED) is 0.809. The molecule has 2 N–H and O–H groups in total. The van der Waals surface area contributed by atoms with Gasteiger partial charge in [0.1, 0.15) is 0 Å². The molecular formula is C12H16N2O2. The molecule has 1 aromatic heterocycles. The standard InChI is InChI=1S/C12H16N2O2/c1-8(9-3-2-6-13-7-9)14-11-5-4-10(11)12(15)16/h2-3,6-8,10-11,14H,4-5H2,1H3,(H,15,16)/t8-,10?,11?/m0/s1. The van der Waals surface area contributed by atoms with Crippen molar-refractivity contribution in [3.63, 3.8) is 0 Å². The number of pyridine rings is 1. The van der Waals surface area contributed by atoms with Gasteiger partial charge in [0.05, 0.1) is 5.92 Å². The molecule has 1 aliphatic carbocycles. The largest absolute Gasteiger partial charge is 0.481 e. The second kappa shape index (κ2) is 4.61. The average molecular weight is 220 g/mol. The molecule has 0 spiro atoms.